The molecule has 2 saturated heterocycles. The summed E-state index contributed by atoms with van der Waals surface area (Å²) < 4.78 is 46.8. The number of sulfonamides is 1. The smallest absolute Gasteiger partial charge is 0.338 e. The van der Waals surface area contributed by atoms with Crippen LogP contribution < -0.4 is 0 Å². The quantitative estimate of drug-likeness (QED) is 0.818. The Labute approximate surface area is 152 Å². The lowest BCUT2D eigenvalue weighted by atomic mass is 10.1. The third-order valence-electron chi connectivity index (χ3n) is 4.90. The number of piperazine rings is 1. The molecule has 1 atom stereocenters. The van der Waals surface area contributed by atoms with Gasteiger partial charge in [-0.25, -0.2) is 17.6 Å². The first kappa shape index (κ1) is 19.2. The van der Waals surface area contributed by atoms with Crippen LogP contribution >= 0.6 is 0 Å². The van der Waals surface area contributed by atoms with E-state index in [9.17, 15) is 17.6 Å². The summed E-state index contributed by atoms with van der Waals surface area (Å²) in [5, 5.41) is 9.10. The monoisotopic (exact) mass is 386 g/mol. The van der Waals surface area contributed by atoms with Crippen LogP contribution in [0, 0.1) is 18.7 Å². The van der Waals surface area contributed by atoms with Gasteiger partial charge in [-0.05, 0) is 37.0 Å². The molecule has 0 spiro atoms. The first-order valence-electron chi connectivity index (χ1n) is 8.62. The maximum atomic E-state index is 14.5. The normalized spacial score (nSPS) is 22.6. The molecule has 0 aliphatic carbocycles. The van der Waals surface area contributed by atoms with Crippen LogP contribution in [0.5, 0.6) is 0 Å². The molecule has 2 heterocycles. The number of benzene rings is 1. The van der Waals surface area contributed by atoms with Crippen LogP contribution in [0.1, 0.15) is 22.3 Å². The molecule has 2 fully saturated rings. The molecule has 0 saturated carbocycles. The van der Waals surface area contributed by atoms with Crippen LogP contribution in [-0.2, 0) is 14.8 Å². The van der Waals surface area contributed by atoms with Crippen LogP contribution in [0.25, 0.3) is 0 Å². The van der Waals surface area contributed by atoms with Crippen molar-refractivity contribution in [2.75, 3.05) is 45.9 Å². The summed E-state index contributed by atoms with van der Waals surface area (Å²) in [7, 11) is -4.08. The van der Waals surface area contributed by atoms with Gasteiger partial charge in [-0.15, -0.1) is 0 Å². The zero-order valence-corrected chi connectivity index (χ0v) is 15.5. The fourth-order valence-corrected chi connectivity index (χ4v) is 5.06. The maximum Gasteiger partial charge on any atom is 0.338 e. The van der Waals surface area contributed by atoms with E-state index in [4.69, 9.17) is 9.84 Å². The highest BCUT2D eigenvalue weighted by molar-refractivity contribution is 7.89. The summed E-state index contributed by atoms with van der Waals surface area (Å²) in [5.74, 6) is -2.20. The molecule has 0 amide bonds. The lowest BCUT2D eigenvalue weighted by Crippen LogP contribution is -2.49. The van der Waals surface area contributed by atoms with Gasteiger partial charge in [0, 0.05) is 39.3 Å². The minimum absolute atomic E-state index is 0.256. The Bertz CT molecular complexity index is 785. The van der Waals surface area contributed by atoms with Gasteiger partial charge in [0.25, 0.3) is 0 Å². The second kappa shape index (κ2) is 7.59. The van der Waals surface area contributed by atoms with Gasteiger partial charge in [0.1, 0.15) is 4.90 Å². The summed E-state index contributed by atoms with van der Waals surface area (Å²) in [6.07, 6.45) is 1.02. The Morgan fingerprint density at radius 2 is 2.00 bits per heavy atom. The summed E-state index contributed by atoms with van der Waals surface area (Å²) in [4.78, 5) is 12.8. The fourth-order valence-electron chi connectivity index (χ4n) is 3.46. The highest BCUT2D eigenvalue weighted by atomic mass is 32.2. The molecule has 2 aliphatic rings. The molecule has 3 rings (SSSR count). The van der Waals surface area contributed by atoms with Gasteiger partial charge in [0.05, 0.1) is 12.2 Å². The van der Waals surface area contributed by atoms with E-state index in [1.807, 2.05) is 0 Å². The molecule has 9 heteroatoms. The van der Waals surface area contributed by atoms with E-state index in [0.29, 0.717) is 24.6 Å². The van der Waals surface area contributed by atoms with Gasteiger partial charge in [-0.3, -0.25) is 0 Å². The van der Waals surface area contributed by atoms with E-state index in [1.54, 1.807) is 6.92 Å². The SMILES string of the molecule is Cc1cc(C(=O)O)c(F)c(S(=O)(=O)N2CCN(CC3CCOC3)CC2)c1. The Morgan fingerprint density at radius 3 is 2.58 bits per heavy atom. The second-order valence-corrected chi connectivity index (χ2v) is 8.77. The van der Waals surface area contributed by atoms with Gasteiger partial charge < -0.3 is 14.7 Å². The van der Waals surface area contributed by atoms with Crippen LogP contribution in [-0.4, -0.2) is 74.6 Å². The Morgan fingerprint density at radius 1 is 1.31 bits per heavy atom. The number of carboxylic acids is 1. The number of aromatic carboxylic acids is 1. The van der Waals surface area contributed by atoms with Crippen LogP contribution in [0.15, 0.2) is 17.0 Å². The van der Waals surface area contributed by atoms with Crippen LogP contribution in [0.4, 0.5) is 4.39 Å². The molecule has 0 aromatic heterocycles. The molecule has 26 heavy (non-hydrogen) atoms. The summed E-state index contributed by atoms with van der Waals surface area (Å²) in [5.41, 5.74) is -0.231. The lowest BCUT2D eigenvalue weighted by Gasteiger charge is -2.35. The molecular weight excluding hydrogens is 363 g/mol. The molecule has 1 N–H and O–H groups in total. The van der Waals surface area contributed by atoms with Gasteiger partial charge in [0.15, 0.2) is 5.82 Å². The van der Waals surface area contributed by atoms with E-state index >= 15 is 0 Å². The van der Waals surface area contributed by atoms with E-state index in [1.165, 1.54) is 10.4 Å². The predicted molar refractivity (Wildman–Crippen MR) is 92.2 cm³/mol. The molecule has 7 nitrogen and oxygen atoms in total. The number of halogens is 1. The zero-order chi connectivity index (χ0) is 18.9. The number of nitrogens with zero attached hydrogens (tertiary/aromatic N) is 2. The van der Waals surface area contributed by atoms with Crippen molar-refractivity contribution in [2.24, 2.45) is 5.92 Å². The first-order chi connectivity index (χ1) is 12.3. The van der Waals surface area contributed by atoms with E-state index in [-0.39, 0.29) is 13.1 Å². The topological polar surface area (TPSA) is 87.1 Å². The van der Waals surface area contributed by atoms with Crippen LogP contribution in [0.2, 0.25) is 0 Å². The third kappa shape index (κ3) is 3.90. The van der Waals surface area contributed by atoms with Crippen molar-refractivity contribution >= 4 is 16.0 Å². The van der Waals surface area contributed by atoms with Crippen molar-refractivity contribution in [1.29, 1.82) is 0 Å². The van der Waals surface area contributed by atoms with Crippen molar-refractivity contribution in [2.45, 2.75) is 18.2 Å². The first-order valence-corrected chi connectivity index (χ1v) is 10.1. The minimum atomic E-state index is -4.08. The number of rotatable bonds is 5. The summed E-state index contributed by atoms with van der Waals surface area (Å²) >= 11 is 0. The molecule has 2 aliphatic heterocycles. The van der Waals surface area contributed by atoms with Gasteiger partial charge in [0.2, 0.25) is 10.0 Å². The maximum absolute atomic E-state index is 14.5. The number of hydrogen-bond acceptors (Lipinski definition) is 5. The number of aryl methyl sites for hydroxylation is 1. The second-order valence-electron chi connectivity index (χ2n) is 6.86. The van der Waals surface area contributed by atoms with E-state index in [2.05, 4.69) is 4.90 Å². The van der Waals surface area contributed by atoms with Gasteiger partial charge >= 0.3 is 5.97 Å². The van der Waals surface area contributed by atoms with Crippen molar-refractivity contribution < 1.29 is 27.4 Å². The Hall–Kier alpha value is -1.55. The van der Waals surface area contributed by atoms with Gasteiger partial charge in [-0.1, -0.05) is 0 Å². The summed E-state index contributed by atoms with van der Waals surface area (Å²) in [6, 6.07) is 2.33. The Balaban J connectivity index is 1.74. The third-order valence-corrected chi connectivity index (χ3v) is 6.80. The molecule has 1 aromatic carbocycles. The highest BCUT2D eigenvalue weighted by Gasteiger charge is 2.33. The molecule has 0 radical (unpaired) electrons. The molecule has 144 valence electrons. The fraction of sp³-hybridized carbons (Fsp3) is 0.588. The van der Waals surface area contributed by atoms with E-state index < -0.39 is 32.3 Å². The van der Waals surface area contributed by atoms with Gasteiger partial charge in [-0.2, -0.15) is 4.31 Å². The Kier molecular flexibility index (Phi) is 5.61. The van der Waals surface area contributed by atoms with E-state index in [0.717, 1.165) is 32.2 Å². The summed E-state index contributed by atoms with van der Waals surface area (Å²) in [6.45, 7) is 5.58. The largest absolute Gasteiger partial charge is 0.478 e. The van der Waals surface area contributed by atoms with Crippen molar-refractivity contribution in [3.05, 3.63) is 29.1 Å². The highest BCUT2D eigenvalue weighted by Crippen LogP contribution is 2.25. The number of ether oxygens (including phenoxy) is 1. The zero-order valence-electron chi connectivity index (χ0n) is 14.6. The number of hydrogen-bond donors (Lipinski definition) is 1. The average molecular weight is 386 g/mol. The average Bonchev–Trinajstić information content (AvgIpc) is 3.09. The standard InChI is InChI=1S/C17H23FN2O5S/c1-12-8-14(17(21)22)16(18)15(9-12)26(23,24)20-5-3-19(4-6-20)10-13-2-7-25-11-13/h8-9,13H,2-7,10-11H2,1H3,(H,21,22). The predicted octanol–water partition coefficient (Wildman–Crippen LogP) is 1.18. The molecule has 1 aromatic rings. The molecular formula is C17H23FN2O5S. The lowest BCUT2D eigenvalue weighted by molar-refractivity contribution is 0.0691. The van der Waals surface area contributed by atoms with Crippen molar-refractivity contribution in [3.8, 4) is 0 Å². The molecule has 0 bridgehead atoms. The molecule has 1 unspecified atom stereocenters. The minimum Gasteiger partial charge on any atom is -0.478 e. The van der Waals surface area contributed by atoms with Crippen LogP contribution in [0.3, 0.4) is 0 Å². The van der Waals surface area contributed by atoms with Crippen molar-refractivity contribution in [1.82, 2.24) is 9.21 Å². The number of carbonyl (C=O) groups is 1. The number of carboxylic acid groups (broad SMARTS) is 1. The van der Waals surface area contributed by atoms with Crippen molar-refractivity contribution in [3.63, 3.8) is 0 Å².